The molecule has 38 heavy (non-hydrogen) atoms. The summed E-state index contributed by atoms with van der Waals surface area (Å²) in [7, 11) is 0. The molecular formula is C28H28I5NO4. The minimum atomic E-state index is -0.404. The van der Waals surface area contributed by atoms with Gasteiger partial charge in [-0.15, -0.1) is 0 Å². The van der Waals surface area contributed by atoms with Crippen LogP contribution in [0, 0.1) is 17.9 Å². The first-order valence-corrected chi connectivity index (χ1v) is 17.5. The molecule has 2 unspecified atom stereocenters. The molecule has 2 N–H and O–H groups in total. The van der Waals surface area contributed by atoms with Gasteiger partial charge in [0.25, 0.3) is 0 Å². The van der Waals surface area contributed by atoms with E-state index in [1.54, 1.807) is 0 Å². The molecule has 0 aliphatic carbocycles. The number of anilines is 1. The van der Waals surface area contributed by atoms with Crippen LogP contribution in [0.2, 0.25) is 0 Å². The van der Waals surface area contributed by atoms with Crippen molar-refractivity contribution in [3.05, 3.63) is 77.0 Å². The standard InChI is InChI=1S/C26H24I5NO3.C2H4O/c1-3-33-23-5-4-14(8-18(23)27)26(2,15-9-19(28)24(32)20(29)10-15)16-11-21(30)25(22(31)12-16)34-7-6-17-13-35-17;1-2-3-1/h4-5,8-12,17H,3,6-7,13,32H2,1-2H3;1-2H2. The van der Waals surface area contributed by atoms with E-state index in [1.807, 2.05) is 6.92 Å². The number of nitrogen functional groups attached to an aromatic ring is 1. The molecule has 2 heterocycles. The molecule has 3 aromatic carbocycles. The van der Waals surface area contributed by atoms with Gasteiger partial charge >= 0.3 is 0 Å². The molecule has 204 valence electrons. The summed E-state index contributed by atoms with van der Waals surface area (Å²) in [6.45, 7) is 8.47. The van der Waals surface area contributed by atoms with Gasteiger partial charge in [0.2, 0.25) is 0 Å². The molecule has 0 aromatic heterocycles. The van der Waals surface area contributed by atoms with Crippen LogP contribution in [0.3, 0.4) is 0 Å². The van der Waals surface area contributed by atoms with Crippen molar-refractivity contribution in [1.29, 1.82) is 0 Å². The van der Waals surface area contributed by atoms with Crippen molar-refractivity contribution in [3.8, 4) is 11.5 Å². The monoisotopic (exact) mass is 1080 g/mol. The molecule has 2 saturated heterocycles. The Bertz CT molecular complexity index is 1250. The topological polar surface area (TPSA) is 69.5 Å². The number of benzene rings is 3. The minimum Gasteiger partial charge on any atom is -0.493 e. The summed E-state index contributed by atoms with van der Waals surface area (Å²) in [5.74, 6) is 1.86. The summed E-state index contributed by atoms with van der Waals surface area (Å²) in [4.78, 5) is 0. The van der Waals surface area contributed by atoms with Gasteiger partial charge in [-0.25, -0.2) is 0 Å². The Balaban J connectivity index is 0.00000105. The third-order valence-electron chi connectivity index (χ3n) is 6.33. The molecule has 5 nitrogen and oxygen atoms in total. The maximum Gasteiger partial charge on any atom is 0.145 e. The van der Waals surface area contributed by atoms with E-state index in [2.05, 4.69) is 167 Å². The second-order valence-corrected chi connectivity index (χ2v) is 14.8. The molecule has 0 amide bonds. The highest BCUT2D eigenvalue weighted by molar-refractivity contribution is 14.1. The van der Waals surface area contributed by atoms with Crippen molar-refractivity contribution in [2.75, 3.05) is 38.8 Å². The molecule has 0 spiro atoms. The maximum atomic E-state index is 6.33. The first kappa shape index (κ1) is 31.6. The zero-order valence-electron chi connectivity index (χ0n) is 21.0. The lowest BCUT2D eigenvalue weighted by Crippen LogP contribution is -2.27. The van der Waals surface area contributed by atoms with Crippen LogP contribution in [-0.2, 0) is 14.9 Å². The first-order chi connectivity index (χ1) is 18.1. The normalized spacial score (nSPS) is 17.2. The molecule has 2 atom stereocenters. The highest BCUT2D eigenvalue weighted by Crippen LogP contribution is 2.45. The Labute approximate surface area is 292 Å². The lowest BCUT2D eigenvalue weighted by molar-refractivity contribution is 0.280. The zero-order chi connectivity index (χ0) is 27.4. The van der Waals surface area contributed by atoms with E-state index in [9.17, 15) is 0 Å². The largest absolute Gasteiger partial charge is 0.493 e. The number of halogens is 5. The Hall–Kier alpha value is 0.630. The Morgan fingerprint density at radius 2 is 1.37 bits per heavy atom. The molecule has 0 radical (unpaired) electrons. The van der Waals surface area contributed by atoms with Crippen LogP contribution in [0.4, 0.5) is 5.69 Å². The molecule has 0 saturated carbocycles. The summed E-state index contributed by atoms with van der Waals surface area (Å²) in [6.07, 6.45) is 1.30. The second kappa shape index (κ2) is 14.2. The fraction of sp³-hybridized carbons (Fsp3) is 0.357. The van der Waals surface area contributed by atoms with Crippen molar-refractivity contribution in [2.45, 2.75) is 31.8 Å². The van der Waals surface area contributed by atoms with E-state index in [-0.39, 0.29) is 0 Å². The van der Waals surface area contributed by atoms with E-state index < -0.39 is 5.41 Å². The molecule has 2 aliphatic heterocycles. The summed E-state index contributed by atoms with van der Waals surface area (Å²) >= 11 is 11.8. The lowest BCUT2D eigenvalue weighted by atomic mass is 9.71. The Morgan fingerprint density at radius 3 is 1.84 bits per heavy atom. The first-order valence-electron chi connectivity index (χ1n) is 12.1. The smallest absolute Gasteiger partial charge is 0.145 e. The van der Waals surface area contributed by atoms with Gasteiger partial charge in [0.15, 0.2) is 0 Å². The van der Waals surface area contributed by atoms with E-state index in [0.717, 1.165) is 61.3 Å². The summed E-state index contributed by atoms with van der Waals surface area (Å²) in [6, 6.07) is 15.4. The molecule has 2 fully saturated rings. The van der Waals surface area contributed by atoms with Crippen LogP contribution in [0.25, 0.3) is 0 Å². The molecule has 2 aliphatic rings. The third-order valence-corrected chi connectivity index (χ3v) is 10.6. The molecule has 10 heteroatoms. The molecule has 3 aromatic rings. The minimum absolute atomic E-state index is 0.366. The highest BCUT2D eigenvalue weighted by atomic mass is 127. The fourth-order valence-corrected chi connectivity index (χ4v) is 8.49. The van der Waals surface area contributed by atoms with E-state index in [4.69, 9.17) is 19.9 Å². The summed E-state index contributed by atoms with van der Waals surface area (Å²) in [5.41, 5.74) is 10.4. The lowest BCUT2D eigenvalue weighted by Gasteiger charge is -2.33. The van der Waals surface area contributed by atoms with Crippen molar-refractivity contribution in [3.63, 3.8) is 0 Å². The fourth-order valence-electron chi connectivity index (χ4n) is 3.97. The number of hydrogen-bond donors (Lipinski definition) is 1. The van der Waals surface area contributed by atoms with Crippen molar-refractivity contribution < 1.29 is 18.9 Å². The number of rotatable bonds is 9. The van der Waals surface area contributed by atoms with Gasteiger partial charge in [-0.3, -0.25) is 0 Å². The highest BCUT2D eigenvalue weighted by Gasteiger charge is 2.34. The molecular weight excluding hydrogens is 1050 g/mol. The van der Waals surface area contributed by atoms with Crippen molar-refractivity contribution >= 4 is 119 Å². The van der Waals surface area contributed by atoms with Crippen LogP contribution < -0.4 is 15.2 Å². The van der Waals surface area contributed by atoms with Crippen LogP contribution in [-0.4, -0.2) is 39.1 Å². The van der Waals surface area contributed by atoms with E-state index in [1.165, 1.54) is 16.7 Å². The van der Waals surface area contributed by atoms with Gasteiger partial charge in [-0.1, -0.05) is 6.07 Å². The van der Waals surface area contributed by atoms with Gasteiger partial charge in [0.1, 0.15) is 11.5 Å². The van der Waals surface area contributed by atoms with Gasteiger partial charge in [0, 0.05) is 19.0 Å². The SMILES string of the molecule is C1CO1.CCOc1ccc(C(C)(c2cc(I)c(N)c(I)c2)c2cc(I)c(OCCC3CO3)c(I)c2)cc1I. The maximum absolute atomic E-state index is 6.33. The molecule has 5 rings (SSSR count). The average Bonchev–Trinajstić information content (AvgIpc) is 3.78. The summed E-state index contributed by atoms with van der Waals surface area (Å²) in [5, 5.41) is 0. The number of epoxide rings is 2. The number of nitrogens with two attached hydrogens (primary N) is 1. The van der Waals surface area contributed by atoms with Crippen molar-refractivity contribution in [2.24, 2.45) is 0 Å². The number of ether oxygens (including phenoxy) is 4. The van der Waals surface area contributed by atoms with Crippen LogP contribution in [0.1, 0.15) is 37.0 Å². The Kier molecular flexibility index (Phi) is 11.8. The zero-order valence-corrected chi connectivity index (χ0v) is 31.7. The number of hydrogen-bond acceptors (Lipinski definition) is 5. The second-order valence-electron chi connectivity index (χ2n) is 9.03. The average molecular weight is 1080 g/mol. The van der Waals surface area contributed by atoms with Crippen molar-refractivity contribution in [1.82, 2.24) is 0 Å². The van der Waals surface area contributed by atoms with Gasteiger partial charge < -0.3 is 24.7 Å². The van der Waals surface area contributed by atoms with E-state index in [0.29, 0.717) is 19.3 Å². The quantitative estimate of drug-likeness (QED) is 0.101. The predicted octanol–water partition coefficient (Wildman–Crippen LogP) is 8.23. The van der Waals surface area contributed by atoms with Gasteiger partial charge in [-0.2, -0.15) is 0 Å². The van der Waals surface area contributed by atoms with Crippen LogP contribution >= 0.6 is 113 Å². The summed E-state index contributed by atoms with van der Waals surface area (Å²) < 4.78 is 27.3. The Morgan fingerprint density at radius 1 is 0.842 bits per heavy atom. The van der Waals surface area contributed by atoms with Gasteiger partial charge in [0.05, 0.1) is 55.5 Å². The molecule has 0 bridgehead atoms. The van der Waals surface area contributed by atoms with Crippen LogP contribution in [0.5, 0.6) is 11.5 Å². The predicted molar refractivity (Wildman–Crippen MR) is 195 cm³/mol. The van der Waals surface area contributed by atoms with Crippen LogP contribution in [0.15, 0.2) is 42.5 Å². The third kappa shape index (κ3) is 7.92. The van der Waals surface area contributed by atoms with Gasteiger partial charge in [-0.05, 0) is 180 Å². The van der Waals surface area contributed by atoms with E-state index >= 15 is 0 Å².